The summed E-state index contributed by atoms with van der Waals surface area (Å²) in [5.41, 5.74) is -0.672. The molecule has 214 valence electrons. The van der Waals surface area contributed by atoms with Crippen LogP contribution in [0.15, 0.2) is 53.6 Å². The zero-order valence-corrected chi connectivity index (χ0v) is 22.8. The molecule has 1 aliphatic rings. The predicted molar refractivity (Wildman–Crippen MR) is 143 cm³/mol. The van der Waals surface area contributed by atoms with Gasteiger partial charge in [-0.2, -0.15) is 0 Å². The number of sulfone groups is 1. The normalized spacial score (nSPS) is 17.0. The van der Waals surface area contributed by atoms with Gasteiger partial charge < -0.3 is 14.8 Å². The highest BCUT2D eigenvalue weighted by Crippen LogP contribution is 2.31. The standard InChI is InChI=1S/C28H25F3N4O5S/c1-3-40-28-19(5-7-22(35-28)15(2)29)23-6-4-16-11-32-18(10-24(16)34-23)12-33-27(36)17-8-21(30)20-13-39-14-26(31)41(37,38)25(20)9-17/h4-11,15,26H,3,12-14H2,1-2H3,(H,33,36)/t15-,26+/m0/s1. The van der Waals surface area contributed by atoms with Gasteiger partial charge in [0.2, 0.25) is 21.2 Å². The van der Waals surface area contributed by atoms with Crippen molar-refractivity contribution in [2.75, 3.05) is 13.2 Å². The Bertz CT molecular complexity index is 1750. The van der Waals surface area contributed by atoms with Gasteiger partial charge in [-0.15, -0.1) is 0 Å². The molecule has 1 amide bonds. The van der Waals surface area contributed by atoms with E-state index in [-0.39, 0.29) is 29.2 Å². The number of nitrogens with zero attached hydrogens (tertiary/aromatic N) is 3. The molecule has 0 fully saturated rings. The van der Waals surface area contributed by atoms with Crippen molar-refractivity contribution in [1.29, 1.82) is 0 Å². The Labute approximate surface area is 233 Å². The second-order valence-corrected chi connectivity index (χ2v) is 11.3. The molecule has 5 rings (SSSR count). The van der Waals surface area contributed by atoms with E-state index in [9.17, 15) is 26.4 Å². The summed E-state index contributed by atoms with van der Waals surface area (Å²) in [4.78, 5) is 25.5. The molecule has 1 aromatic carbocycles. The van der Waals surface area contributed by atoms with Gasteiger partial charge in [0, 0.05) is 22.7 Å². The van der Waals surface area contributed by atoms with E-state index in [0.717, 1.165) is 12.1 Å². The Balaban J connectivity index is 1.39. The molecule has 4 heterocycles. The number of nitrogens with one attached hydrogen (secondary N) is 1. The van der Waals surface area contributed by atoms with Crippen LogP contribution in [0.3, 0.4) is 0 Å². The van der Waals surface area contributed by atoms with Crippen LogP contribution < -0.4 is 10.1 Å². The summed E-state index contributed by atoms with van der Waals surface area (Å²) in [5.74, 6) is -1.51. The number of fused-ring (bicyclic) bond motifs is 2. The third kappa shape index (κ3) is 5.72. The van der Waals surface area contributed by atoms with E-state index in [0.29, 0.717) is 34.5 Å². The molecule has 0 aliphatic carbocycles. The number of hydrogen-bond donors (Lipinski definition) is 1. The van der Waals surface area contributed by atoms with Crippen molar-refractivity contribution in [3.05, 3.63) is 77.0 Å². The van der Waals surface area contributed by atoms with E-state index in [1.54, 1.807) is 43.5 Å². The summed E-state index contributed by atoms with van der Waals surface area (Å²) < 4.78 is 78.2. The molecule has 0 unspecified atom stereocenters. The highest BCUT2D eigenvalue weighted by Gasteiger charge is 2.35. The SMILES string of the molecule is CCOc1nc([C@H](C)F)ccc1-c1ccc2cnc(CNC(=O)c3cc(F)c4c(c3)S(=O)(=O)[C@@H](F)COC4)cc2n1. The lowest BCUT2D eigenvalue weighted by molar-refractivity contribution is 0.0938. The molecule has 1 aliphatic heterocycles. The van der Waals surface area contributed by atoms with Crippen LogP contribution in [-0.4, -0.2) is 48.0 Å². The molecule has 1 N–H and O–H groups in total. The van der Waals surface area contributed by atoms with Crippen LogP contribution in [-0.2, 0) is 27.7 Å². The van der Waals surface area contributed by atoms with Crippen molar-refractivity contribution >= 4 is 26.6 Å². The number of halogens is 3. The van der Waals surface area contributed by atoms with Crippen molar-refractivity contribution in [3.8, 4) is 17.1 Å². The van der Waals surface area contributed by atoms with Gasteiger partial charge in [-0.1, -0.05) is 0 Å². The van der Waals surface area contributed by atoms with E-state index < -0.39 is 51.3 Å². The number of amides is 1. The zero-order chi connectivity index (χ0) is 29.3. The van der Waals surface area contributed by atoms with Crippen LogP contribution in [0.4, 0.5) is 13.2 Å². The highest BCUT2D eigenvalue weighted by molar-refractivity contribution is 7.92. The van der Waals surface area contributed by atoms with Crippen LogP contribution >= 0.6 is 0 Å². The van der Waals surface area contributed by atoms with E-state index in [1.165, 1.54) is 6.92 Å². The Kier molecular flexibility index (Phi) is 7.91. The first-order valence-corrected chi connectivity index (χ1v) is 14.2. The molecule has 0 spiro atoms. The number of aromatic nitrogens is 3. The van der Waals surface area contributed by atoms with Gasteiger partial charge in [0.05, 0.1) is 59.4 Å². The fourth-order valence-corrected chi connectivity index (χ4v) is 5.65. The minimum Gasteiger partial charge on any atom is -0.477 e. The van der Waals surface area contributed by atoms with Gasteiger partial charge in [-0.05, 0) is 56.3 Å². The molecule has 0 saturated heterocycles. The van der Waals surface area contributed by atoms with Crippen molar-refractivity contribution in [1.82, 2.24) is 20.3 Å². The Morgan fingerprint density at radius 3 is 2.76 bits per heavy atom. The lowest BCUT2D eigenvalue weighted by atomic mass is 10.1. The predicted octanol–water partition coefficient (Wildman–Crippen LogP) is 4.79. The Morgan fingerprint density at radius 2 is 2.00 bits per heavy atom. The average Bonchev–Trinajstić information content (AvgIpc) is 3.06. The summed E-state index contributed by atoms with van der Waals surface area (Å²) >= 11 is 0. The molecule has 0 radical (unpaired) electrons. The van der Waals surface area contributed by atoms with Gasteiger partial charge in [0.1, 0.15) is 12.0 Å². The summed E-state index contributed by atoms with van der Waals surface area (Å²) in [6.45, 7) is 2.26. The Morgan fingerprint density at radius 1 is 1.20 bits per heavy atom. The molecule has 4 aromatic rings. The minimum atomic E-state index is -4.53. The fraction of sp³-hybridized carbons (Fsp3) is 0.286. The smallest absolute Gasteiger partial charge is 0.251 e. The maximum absolute atomic E-state index is 14.7. The van der Waals surface area contributed by atoms with Crippen LogP contribution in [0.1, 0.15) is 47.3 Å². The first kappa shape index (κ1) is 28.4. The molecule has 13 heteroatoms. The number of ether oxygens (including phenoxy) is 2. The molecular weight excluding hydrogens is 561 g/mol. The van der Waals surface area contributed by atoms with Gasteiger partial charge in [0.15, 0.2) is 0 Å². The van der Waals surface area contributed by atoms with Crippen molar-refractivity contribution in [2.45, 2.75) is 43.6 Å². The minimum absolute atomic E-state index is 0.0875. The average molecular weight is 587 g/mol. The summed E-state index contributed by atoms with van der Waals surface area (Å²) in [7, 11) is -4.53. The van der Waals surface area contributed by atoms with E-state index >= 15 is 0 Å². The largest absolute Gasteiger partial charge is 0.477 e. The maximum atomic E-state index is 14.7. The third-order valence-electron chi connectivity index (χ3n) is 6.46. The zero-order valence-electron chi connectivity index (χ0n) is 22.0. The highest BCUT2D eigenvalue weighted by atomic mass is 32.2. The lowest BCUT2D eigenvalue weighted by Crippen LogP contribution is -2.25. The number of benzene rings is 1. The molecule has 3 aromatic heterocycles. The first-order chi connectivity index (χ1) is 19.6. The number of pyridine rings is 3. The number of hydrogen-bond acceptors (Lipinski definition) is 8. The summed E-state index contributed by atoms with van der Waals surface area (Å²) in [5, 5.41) is 3.29. The Hall–Kier alpha value is -4.10. The van der Waals surface area contributed by atoms with Crippen LogP contribution in [0.2, 0.25) is 0 Å². The quantitative estimate of drug-likeness (QED) is 0.328. The lowest BCUT2D eigenvalue weighted by Gasteiger charge is -2.12. The molecule has 0 bridgehead atoms. The molecule has 0 saturated carbocycles. The third-order valence-corrected chi connectivity index (χ3v) is 8.25. The van der Waals surface area contributed by atoms with E-state index in [4.69, 9.17) is 9.47 Å². The van der Waals surface area contributed by atoms with Gasteiger partial charge in [-0.25, -0.2) is 31.6 Å². The van der Waals surface area contributed by atoms with Crippen molar-refractivity contribution in [3.63, 3.8) is 0 Å². The van der Waals surface area contributed by atoms with Crippen LogP contribution in [0.5, 0.6) is 5.88 Å². The van der Waals surface area contributed by atoms with Gasteiger partial charge in [-0.3, -0.25) is 9.78 Å². The van der Waals surface area contributed by atoms with E-state index in [1.807, 2.05) is 0 Å². The molecule has 41 heavy (non-hydrogen) atoms. The summed E-state index contributed by atoms with van der Waals surface area (Å²) in [6, 6.07) is 10.3. The van der Waals surface area contributed by atoms with E-state index in [2.05, 4.69) is 20.3 Å². The van der Waals surface area contributed by atoms with Crippen molar-refractivity contribution < 1.29 is 35.9 Å². The number of rotatable bonds is 7. The topological polar surface area (TPSA) is 120 Å². The van der Waals surface area contributed by atoms with Crippen LogP contribution in [0.25, 0.3) is 22.2 Å². The molecule has 9 nitrogen and oxygen atoms in total. The monoisotopic (exact) mass is 586 g/mol. The maximum Gasteiger partial charge on any atom is 0.251 e. The van der Waals surface area contributed by atoms with Crippen molar-refractivity contribution in [2.24, 2.45) is 0 Å². The second kappa shape index (κ2) is 11.4. The number of carbonyl (C=O) groups excluding carboxylic acids is 1. The number of alkyl halides is 2. The van der Waals surface area contributed by atoms with Crippen LogP contribution in [0, 0.1) is 5.82 Å². The van der Waals surface area contributed by atoms with Gasteiger partial charge >= 0.3 is 0 Å². The summed E-state index contributed by atoms with van der Waals surface area (Å²) in [6.07, 6.45) is 0.303. The number of carbonyl (C=O) groups is 1. The fourth-order valence-electron chi connectivity index (χ4n) is 4.31. The molecular formula is C28H25F3N4O5S. The second-order valence-electron chi connectivity index (χ2n) is 9.29. The first-order valence-electron chi connectivity index (χ1n) is 12.7. The van der Waals surface area contributed by atoms with Gasteiger partial charge in [0.25, 0.3) is 5.91 Å². The molecule has 2 atom stereocenters.